The third kappa shape index (κ3) is 6.51. The SMILES string of the molecule is O=C(O)CCC(CC[P+](=O)O)C(=O)O. The lowest BCUT2D eigenvalue weighted by molar-refractivity contribution is -0.143. The largest absolute Gasteiger partial charge is 0.505 e. The maximum absolute atomic E-state index is 10.6. The van der Waals surface area contributed by atoms with Crippen molar-refractivity contribution in [3.05, 3.63) is 0 Å². The lowest BCUT2D eigenvalue weighted by Gasteiger charge is -2.06. The molecule has 0 aromatic rings. The zero-order valence-corrected chi connectivity index (χ0v) is 8.31. The van der Waals surface area contributed by atoms with Gasteiger partial charge in [-0.2, -0.15) is 4.89 Å². The molecule has 0 saturated heterocycles. The van der Waals surface area contributed by atoms with Crippen LogP contribution in [0.3, 0.4) is 0 Å². The molecule has 6 nitrogen and oxygen atoms in total. The first-order chi connectivity index (χ1) is 6.43. The molecule has 0 aromatic carbocycles. The quantitative estimate of drug-likeness (QED) is 0.547. The second-order valence-corrected chi connectivity index (χ2v) is 3.98. The van der Waals surface area contributed by atoms with Crippen molar-refractivity contribution in [3.8, 4) is 0 Å². The highest BCUT2D eigenvalue weighted by atomic mass is 31.1. The molecular formula is C7H12O6P+. The fourth-order valence-corrected chi connectivity index (χ4v) is 1.49. The molecule has 2 unspecified atom stereocenters. The van der Waals surface area contributed by atoms with Crippen molar-refractivity contribution in [2.45, 2.75) is 19.3 Å². The van der Waals surface area contributed by atoms with Crippen molar-refractivity contribution in [1.82, 2.24) is 0 Å². The molecule has 0 amide bonds. The Morgan fingerprint density at radius 1 is 1.21 bits per heavy atom. The van der Waals surface area contributed by atoms with E-state index in [4.69, 9.17) is 15.1 Å². The van der Waals surface area contributed by atoms with Gasteiger partial charge in [0, 0.05) is 12.8 Å². The molecule has 0 aliphatic heterocycles. The van der Waals surface area contributed by atoms with E-state index in [2.05, 4.69) is 0 Å². The van der Waals surface area contributed by atoms with Gasteiger partial charge in [0.2, 0.25) is 0 Å². The molecule has 0 fully saturated rings. The predicted molar refractivity (Wildman–Crippen MR) is 47.3 cm³/mol. The first-order valence-corrected chi connectivity index (χ1v) is 5.41. The maximum Gasteiger partial charge on any atom is 0.505 e. The Morgan fingerprint density at radius 2 is 1.79 bits per heavy atom. The Bertz CT molecular complexity index is 220. The van der Waals surface area contributed by atoms with Crippen LogP contribution in [0.4, 0.5) is 0 Å². The molecule has 0 heterocycles. The van der Waals surface area contributed by atoms with Gasteiger partial charge in [-0.3, -0.25) is 9.59 Å². The van der Waals surface area contributed by atoms with Gasteiger partial charge < -0.3 is 10.2 Å². The summed E-state index contributed by atoms with van der Waals surface area (Å²) >= 11 is 0. The molecule has 80 valence electrons. The molecule has 0 spiro atoms. The highest BCUT2D eigenvalue weighted by Gasteiger charge is 2.23. The van der Waals surface area contributed by atoms with Gasteiger partial charge in [-0.15, -0.1) is 0 Å². The number of hydrogen-bond donors (Lipinski definition) is 3. The van der Waals surface area contributed by atoms with Gasteiger partial charge in [0.05, 0.1) is 5.92 Å². The summed E-state index contributed by atoms with van der Waals surface area (Å²) in [5, 5.41) is 17.0. The topological polar surface area (TPSA) is 112 Å². The van der Waals surface area contributed by atoms with Crippen LogP contribution in [0.5, 0.6) is 0 Å². The minimum absolute atomic E-state index is 0.00611. The van der Waals surface area contributed by atoms with Crippen LogP contribution in [0.25, 0.3) is 0 Å². The monoisotopic (exact) mass is 223 g/mol. The first kappa shape index (κ1) is 13.0. The summed E-state index contributed by atoms with van der Waals surface area (Å²) in [5.41, 5.74) is 0. The molecule has 14 heavy (non-hydrogen) atoms. The molecule has 0 saturated carbocycles. The van der Waals surface area contributed by atoms with Crippen LogP contribution >= 0.6 is 8.03 Å². The Balaban J connectivity index is 3.96. The summed E-state index contributed by atoms with van der Waals surface area (Å²) < 4.78 is 10.3. The normalized spacial score (nSPS) is 13.4. The lowest BCUT2D eigenvalue weighted by Crippen LogP contribution is -2.16. The van der Waals surface area contributed by atoms with E-state index in [-0.39, 0.29) is 25.4 Å². The summed E-state index contributed by atoms with van der Waals surface area (Å²) in [6.45, 7) is 0. The fourth-order valence-electron chi connectivity index (χ4n) is 0.955. The van der Waals surface area contributed by atoms with Gasteiger partial charge in [-0.25, -0.2) is 0 Å². The summed E-state index contributed by atoms with van der Waals surface area (Å²) in [4.78, 5) is 29.2. The van der Waals surface area contributed by atoms with Crippen molar-refractivity contribution in [3.63, 3.8) is 0 Å². The average Bonchev–Trinajstić information content (AvgIpc) is 2.02. The number of aliphatic carboxylic acids is 2. The van der Waals surface area contributed by atoms with Crippen molar-refractivity contribution in [2.75, 3.05) is 6.16 Å². The average molecular weight is 223 g/mol. The molecule has 7 heteroatoms. The third-order valence-corrected chi connectivity index (χ3v) is 2.37. The fraction of sp³-hybridized carbons (Fsp3) is 0.714. The summed E-state index contributed by atoms with van der Waals surface area (Å²) in [6, 6.07) is 0. The summed E-state index contributed by atoms with van der Waals surface area (Å²) in [6.07, 6.45) is -0.312. The minimum atomic E-state index is -2.34. The van der Waals surface area contributed by atoms with E-state index in [0.717, 1.165) is 0 Å². The zero-order valence-electron chi connectivity index (χ0n) is 7.42. The van der Waals surface area contributed by atoms with E-state index in [0.29, 0.717) is 0 Å². The molecule has 0 aromatic heterocycles. The highest BCUT2D eigenvalue weighted by molar-refractivity contribution is 7.37. The van der Waals surface area contributed by atoms with E-state index >= 15 is 0 Å². The molecule has 3 N–H and O–H groups in total. The van der Waals surface area contributed by atoms with E-state index < -0.39 is 25.9 Å². The van der Waals surface area contributed by atoms with E-state index in [9.17, 15) is 14.2 Å². The van der Waals surface area contributed by atoms with Crippen molar-refractivity contribution in [1.29, 1.82) is 0 Å². The molecule has 0 aliphatic rings. The smallest absolute Gasteiger partial charge is 0.481 e. The van der Waals surface area contributed by atoms with Gasteiger partial charge >= 0.3 is 20.0 Å². The molecule has 0 bridgehead atoms. The number of carboxylic acid groups (broad SMARTS) is 2. The predicted octanol–water partition coefficient (Wildman–Crippen LogP) is 0.677. The van der Waals surface area contributed by atoms with Gasteiger partial charge in [0.15, 0.2) is 6.16 Å². The molecule has 0 aliphatic carbocycles. The van der Waals surface area contributed by atoms with Crippen molar-refractivity contribution in [2.24, 2.45) is 5.92 Å². The first-order valence-electron chi connectivity index (χ1n) is 4.01. The van der Waals surface area contributed by atoms with E-state index in [1.165, 1.54) is 0 Å². The highest BCUT2D eigenvalue weighted by Crippen LogP contribution is 2.20. The lowest BCUT2D eigenvalue weighted by atomic mass is 10.0. The molecule has 0 rings (SSSR count). The maximum atomic E-state index is 10.6. The Kier molecular flexibility index (Phi) is 5.99. The van der Waals surface area contributed by atoms with Crippen LogP contribution in [0.1, 0.15) is 19.3 Å². The van der Waals surface area contributed by atoms with Gasteiger partial charge in [-0.1, -0.05) is 0 Å². The molecule has 0 radical (unpaired) electrons. The van der Waals surface area contributed by atoms with E-state index in [1.54, 1.807) is 0 Å². The van der Waals surface area contributed by atoms with E-state index in [1.807, 2.05) is 0 Å². The molecular weight excluding hydrogens is 211 g/mol. The summed E-state index contributed by atoms with van der Waals surface area (Å²) in [7, 11) is -2.34. The second-order valence-electron chi connectivity index (χ2n) is 2.83. The van der Waals surface area contributed by atoms with Crippen LogP contribution in [-0.4, -0.2) is 33.2 Å². The van der Waals surface area contributed by atoms with Gasteiger partial charge in [-0.05, 0) is 11.0 Å². The number of carboxylic acids is 2. The van der Waals surface area contributed by atoms with Gasteiger partial charge in [0.25, 0.3) is 0 Å². The minimum Gasteiger partial charge on any atom is -0.481 e. The van der Waals surface area contributed by atoms with Crippen LogP contribution in [0.15, 0.2) is 0 Å². The summed E-state index contributed by atoms with van der Waals surface area (Å²) in [5.74, 6) is -3.04. The van der Waals surface area contributed by atoms with Crippen LogP contribution < -0.4 is 0 Å². The Morgan fingerprint density at radius 3 is 2.14 bits per heavy atom. The van der Waals surface area contributed by atoms with Gasteiger partial charge in [0.1, 0.15) is 0 Å². The number of carbonyl (C=O) groups is 2. The Labute approximate surface area is 81.4 Å². The standard InChI is InChI=1S/C7H11O6P/c8-6(9)2-1-5(7(10)11)3-4-14(12)13/h5H,1-4H2,(H2-,8,9,10,11,12,13)/p+1. The van der Waals surface area contributed by atoms with Crippen LogP contribution in [0, 0.1) is 5.92 Å². The number of rotatable bonds is 7. The van der Waals surface area contributed by atoms with Crippen molar-refractivity contribution >= 4 is 20.0 Å². The zero-order chi connectivity index (χ0) is 11.1. The van der Waals surface area contributed by atoms with Crippen LogP contribution in [0.2, 0.25) is 0 Å². The van der Waals surface area contributed by atoms with Crippen molar-refractivity contribution < 1.29 is 29.3 Å². The molecule has 2 atom stereocenters. The van der Waals surface area contributed by atoms with Crippen LogP contribution in [-0.2, 0) is 14.2 Å². The third-order valence-electron chi connectivity index (χ3n) is 1.72. The Hall–Kier alpha value is -1.00. The number of hydrogen-bond acceptors (Lipinski definition) is 3. The second kappa shape index (κ2) is 6.45.